The molecule has 0 saturated carbocycles. The second kappa shape index (κ2) is 3.68. The first-order chi connectivity index (χ1) is 4.80. The molecule has 0 bridgehead atoms. The zero-order valence-corrected chi connectivity index (χ0v) is 8.67. The summed E-state index contributed by atoms with van der Waals surface area (Å²) in [4.78, 5) is 9.44. The third kappa shape index (κ3) is 2.56. The Morgan fingerprint density at radius 2 is 1.64 bits per heavy atom. The van der Waals surface area contributed by atoms with Crippen molar-refractivity contribution in [3.8, 4) is 0 Å². The molecule has 0 aromatic rings. The Balaban J connectivity index is 4.43. The fourth-order valence-electron chi connectivity index (χ4n) is 0.583. The van der Waals surface area contributed by atoms with Crippen molar-refractivity contribution >= 4 is 7.67 Å². The summed E-state index contributed by atoms with van der Waals surface area (Å²) in [6.07, 6.45) is 0. The first kappa shape index (κ1) is 11.1. The highest BCUT2D eigenvalue weighted by Gasteiger charge is 2.28. The van der Waals surface area contributed by atoms with Crippen LogP contribution in [0.3, 0.4) is 0 Å². The summed E-state index contributed by atoms with van der Waals surface area (Å²) in [5.41, 5.74) is 0. The summed E-state index contributed by atoms with van der Waals surface area (Å²) in [6, 6.07) is 0.0771. The number of hydrogen-bond donors (Lipinski definition) is 1. The number of rotatable bonds is 3. The van der Waals surface area contributed by atoms with Crippen LogP contribution in [-0.2, 0) is 4.57 Å². The molecule has 0 aliphatic heterocycles. The quantitative estimate of drug-likeness (QED) is 0.658. The minimum absolute atomic E-state index is 0.0771. The SMILES string of the molecule is CC(C)N(C)P(=O)(O)N(C)C. The maximum absolute atomic E-state index is 11.5. The lowest BCUT2D eigenvalue weighted by molar-refractivity contribution is 0.298. The molecule has 0 aromatic heterocycles. The maximum Gasteiger partial charge on any atom is 0.342 e. The van der Waals surface area contributed by atoms with Crippen LogP contribution in [0.5, 0.6) is 0 Å². The highest BCUT2D eigenvalue weighted by molar-refractivity contribution is 7.52. The monoisotopic (exact) mass is 180 g/mol. The van der Waals surface area contributed by atoms with Gasteiger partial charge in [-0.2, -0.15) is 0 Å². The van der Waals surface area contributed by atoms with E-state index in [0.717, 1.165) is 0 Å². The molecule has 11 heavy (non-hydrogen) atoms. The van der Waals surface area contributed by atoms with E-state index in [0.29, 0.717) is 0 Å². The third-order valence-corrected chi connectivity index (χ3v) is 4.01. The predicted molar refractivity (Wildman–Crippen MR) is 46.4 cm³/mol. The van der Waals surface area contributed by atoms with E-state index < -0.39 is 7.67 Å². The van der Waals surface area contributed by atoms with Gasteiger partial charge in [0.05, 0.1) is 0 Å². The van der Waals surface area contributed by atoms with Crippen LogP contribution in [0.2, 0.25) is 0 Å². The van der Waals surface area contributed by atoms with Gasteiger partial charge in [0, 0.05) is 6.04 Å². The Kier molecular flexibility index (Phi) is 3.71. The lowest BCUT2D eigenvalue weighted by atomic mass is 10.4. The van der Waals surface area contributed by atoms with Gasteiger partial charge < -0.3 is 4.89 Å². The van der Waals surface area contributed by atoms with Crippen molar-refractivity contribution < 1.29 is 9.46 Å². The molecule has 5 heteroatoms. The van der Waals surface area contributed by atoms with Gasteiger partial charge in [0.25, 0.3) is 0 Å². The van der Waals surface area contributed by atoms with E-state index in [4.69, 9.17) is 0 Å². The normalized spacial score (nSPS) is 17.9. The fourth-order valence-corrected chi connectivity index (χ4v) is 1.75. The summed E-state index contributed by atoms with van der Waals surface area (Å²) < 4.78 is 14.3. The van der Waals surface area contributed by atoms with Gasteiger partial charge in [-0.3, -0.25) is 4.57 Å². The molecule has 0 aromatic carbocycles. The molecule has 0 rings (SSSR count). The van der Waals surface area contributed by atoms with E-state index in [1.54, 1.807) is 21.1 Å². The lowest BCUT2D eigenvalue weighted by Gasteiger charge is -2.30. The smallest absolute Gasteiger partial charge is 0.322 e. The van der Waals surface area contributed by atoms with Gasteiger partial charge in [-0.15, -0.1) is 0 Å². The van der Waals surface area contributed by atoms with Crippen molar-refractivity contribution in [3.05, 3.63) is 0 Å². The maximum atomic E-state index is 11.5. The van der Waals surface area contributed by atoms with E-state index in [1.807, 2.05) is 13.8 Å². The van der Waals surface area contributed by atoms with Gasteiger partial charge in [-0.25, -0.2) is 9.34 Å². The highest BCUT2D eigenvalue weighted by Crippen LogP contribution is 2.46. The Bertz CT molecular complexity index is 170. The van der Waals surface area contributed by atoms with E-state index in [1.165, 1.54) is 9.34 Å². The summed E-state index contributed by atoms with van der Waals surface area (Å²) in [5, 5.41) is 0. The van der Waals surface area contributed by atoms with Crippen LogP contribution in [0.1, 0.15) is 13.8 Å². The molecule has 68 valence electrons. The molecule has 4 nitrogen and oxygen atoms in total. The minimum Gasteiger partial charge on any atom is -0.322 e. The molecule has 0 spiro atoms. The van der Waals surface area contributed by atoms with Crippen molar-refractivity contribution in [2.45, 2.75) is 19.9 Å². The molecular formula is C6H17N2O2P. The van der Waals surface area contributed by atoms with Crippen LogP contribution >= 0.6 is 7.67 Å². The van der Waals surface area contributed by atoms with Gasteiger partial charge in [0.2, 0.25) is 0 Å². The average molecular weight is 180 g/mol. The van der Waals surface area contributed by atoms with Crippen molar-refractivity contribution in [2.75, 3.05) is 21.1 Å². The van der Waals surface area contributed by atoms with Crippen LogP contribution in [0, 0.1) is 0 Å². The van der Waals surface area contributed by atoms with E-state index in [9.17, 15) is 9.46 Å². The van der Waals surface area contributed by atoms with Crippen LogP contribution in [0.4, 0.5) is 0 Å². The molecule has 1 N–H and O–H groups in total. The van der Waals surface area contributed by atoms with Crippen molar-refractivity contribution in [2.24, 2.45) is 0 Å². The number of nitrogens with zero attached hydrogens (tertiary/aromatic N) is 2. The van der Waals surface area contributed by atoms with Gasteiger partial charge in [0.15, 0.2) is 0 Å². The van der Waals surface area contributed by atoms with E-state index >= 15 is 0 Å². The van der Waals surface area contributed by atoms with Crippen molar-refractivity contribution in [1.29, 1.82) is 0 Å². The van der Waals surface area contributed by atoms with Crippen LogP contribution in [-0.4, -0.2) is 41.4 Å². The topological polar surface area (TPSA) is 43.8 Å². The minimum atomic E-state index is -3.24. The van der Waals surface area contributed by atoms with Gasteiger partial charge >= 0.3 is 7.67 Å². The van der Waals surface area contributed by atoms with Crippen molar-refractivity contribution in [3.63, 3.8) is 0 Å². The van der Waals surface area contributed by atoms with E-state index in [-0.39, 0.29) is 6.04 Å². The summed E-state index contributed by atoms with van der Waals surface area (Å²) >= 11 is 0. The summed E-state index contributed by atoms with van der Waals surface area (Å²) in [6.45, 7) is 3.76. The zero-order valence-electron chi connectivity index (χ0n) is 7.77. The fraction of sp³-hybridized carbons (Fsp3) is 1.00. The Hall–Kier alpha value is 0.110. The second-order valence-corrected chi connectivity index (χ2v) is 5.49. The Morgan fingerprint density at radius 1 is 1.27 bits per heavy atom. The third-order valence-electron chi connectivity index (χ3n) is 1.68. The molecule has 0 aliphatic rings. The molecule has 0 heterocycles. The van der Waals surface area contributed by atoms with Crippen LogP contribution in [0.15, 0.2) is 0 Å². The molecule has 0 radical (unpaired) electrons. The predicted octanol–water partition coefficient (Wildman–Crippen LogP) is 0.989. The Morgan fingerprint density at radius 3 is 1.73 bits per heavy atom. The second-order valence-electron chi connectivity index (χ2n) is 3.03. The molecule has 1 atom stereocenters. The molecule has 0 aliphatic carbocycles. The average Bonchev–Trinajstić information content (AvgIpc) is 1.85. The van der Waals surface area contributed by atoms with E-state index in [2.05, 4.69) is 0 Å². The van der Waals surface area contributed by atoms with Gasteiger partial charge in [-0.05, 0) is 35.0 Å². The van der Waals surface area contributed by atoms with Crippen LogP contribution < -0.4 is 0 Å². The Labute approximate surface area is 68.4 Å². The largest absolute Gasteiger partial charge is 0.342 e. The van der Waals surface area contributed by atoms with Gasteiger partial charge in [-0.1, -0.05) is 0 Å². The lowest BCUT2D eigenvalue weighted by Crippen LogP contribution is -2.29. The molecule has 1 unspecified atom stereocenters. The van der Waals surface area contributed by atoms with Crippen LogP contribution in [0.25, 0.3) is 0 Å². The first-order valence-corrected chi connectivity index (χ1v) is 5.10. The summed E-state index contributed by atoms with van der Waals surface area (Å²) in [5.74, 6) is 0. The van der Waals surface area contributed by atoms with Crippen molar-refractivity contribution in [1.82, 2.24) is 9.34 Å². The highest BCUT2D eigenvalue weighted by atomic mass is 31.2. The van der Waals surface area contributed by atoms with Gasteiger partial charge in [0.1, 0.15) is 0 Å². The molecule has 0 fully saturated rings. The summed E-state index contributed by atoms with van der Waals surface area (Å²) in [7, 11) is 1.59. The molecule has 0 saturated heterocycles. The molecule has 0 amide bonds. The first-order valence-electron chi connectivity index (χ1n) is 3.54. The standard InChI is InChI=1S/C6H17N2O2P/c1-6(2)8(5)11(9,10)7(3)4/h6H,1-5H3,(H,9,10). The molecular weight excluding hydrogens is 163 g/mol. The zero-order chi connectivity index (χ0) is 9.23. The number of hydrogen-bond acceptors (Lipinski definition) is 1.